The molecule has 2 aromatic rings. The fourth-order valence-electron chi connectivity index (χ4n) is 1.42. The Kier molecular flexibility index (Phi) is 4.39. The summed E-state index contributed by atoms with van der Waals surface area (Å²) in [5, 5.41) is 9.40. The lowest BCUT2D eigenvalue weighted by Gasteiger charge is -2.00. The van der Waals surface area contributed by atoms with Gasteiger partial charge in [0, 0.05) is 11.3 Å². The zero-order valence-corrected chi connectivity index (χ0v) is 11.4. The zero-order chi connectivity index (χ0) is 12.1. The van der Waals surface area contributed by atoms with Gasteiger partial charge in [-0.3, -0.25) is 0 Å². The smallest absolute Gasteiger partial charge is 0.203 e. The molecule has 1 aromatic heterocycles. The molecule has 0 amide bonds. The third-order valence-electron chi connectivity index (χ3n) is 2.31. The van der Waals surface area contributed by atoms with Crippen molar-refractivity contribution < 1.29 is 0 Å². The van der Waals surface area contributed by atoms with Crippen LogP contribution in [0.3, 0.4) is 0 Å². The van der Waals surface area contributed by atoms with Crippen LogP contribution in [-0.4, -0.2) is 16.0 Å². The van der Waals surface area contributed by atoms with E-state index < -0.39 is 0 Å². The fourth-order valence-corrected chi connectivity index (χ4v) is 2.92. The Hall–Kier alpha value is -1.07. The minimum Gasteiger partial charge on any atom is -0.374 e. The van der Waals surface area contributed by atoms with E-state index >= 15 is 0 Å². The minimum atomic E-state index is 0.561. The first-order valence-corrected chi connectivity index (χ1v) is 7.31. The van der Waals surface area contributed by atoms with Crippen molar-refractivity contribution in [2.75, 3.05) is 11.5 Å². The highest BCUT2D eigenvalue weighted by Crippen LogP contribution is 2.20. The predicted octanol–water partition coefficient (Wildman–Crippen LogP) is 3.15. The van der Waals surface area contributed by atoms with Crippen LogP contribution in [0.5, 0.6) is 0 Å². The van der Waals surface area contributed by atoms with Crippen LogP contribution in [0.4, 0.5) is 5.13 Å². The number of anilines is 1. The number of hydrogen-bond acceptors (Lipinski definition) is 5. The number of thioether (sulfide) groups is 1. The summed E-state index contributed by atoms with van der Waals surface area (Å²) in [6.07, 6.45) is 2.07. The van der Waals surface area contributed by atoms with E-state index in [0.29, 0.717) is 5.13 Å². The normalized spacial score (nSPS) is 10.6. The standard InChI is InChI=1S/C12H15N3S2/c1-9-4-6-10(7-5-9)16-8-2-3-11-14-15-12(13)17-11/h4-7H,2-3,8H2,1H3,(H2,13,15). The third kappa shape index (κ3) is 4.02. The monoisotopic (exact) mass is 265 g/mol. The van der Waals surface area contributed by atoms with E-state index in [4.69, 9.17) is 5.73 Å². The van der Waals surface area contributed by atoms with Gasteiger partial charge >= 0.3 is 0 Å². The molecule has 0 aliphatic heterocycles. The van der Waals surface area contributed by atoms with Gasteiger partial charge < -0.3 is 5.73 Å². The summed E-state index contributed by atoms with van der Waals surface area (Å²) in [6.45, 7) is 2.11. The summed E-state index contributed by atoms with van der Waals surface area (Å²) in [5.74, 6) is 1.10. The van der Waals surface area contributed by atoms with Crippen LogP contribution < -0.4 is 5.73 Å². The van der Waals surface area contributed by atoms with E-state index in [0.717, 1.165) is 23.6 Å². The SMILES string of the molecule is Cc1ccc(SCCCc2nnc(N)s2)cc1. The molecule has 2 N–H and O–H groups in total. The summed E-state index contributed by atoms with van der Waals surface area (Å²) >= 11 is 3.36. The van der Waals surface area contributed by atoms with Gasteiger partial charge in [0.15, 0.2) is 0 Å². The van der Waals surface area contributed by atoms with Crippen molar-refractivity contribution in [1.82, 2.24) is 10.2 Å². The summed E-state index contributed by atoms with van der Waals surface area (Å²) in [6, 6.07) is 8.63. The van der Waals surface area contributed by atoms with E-state index in [9.17, 15) is 0 Å². The predicted molar refractivity (Wildman–Crippen MR) is 74.5 cm³/mol. The molecule has 0 saturated carbocycles. The van der Waals surface area contributed by atoms with Crippen molar-refractivity contribution in [2.45, 2.75) is 24.7 Å². The molecule has 17 heavy (non-hydrogen) atoms. The van der Waals surface area contributed by atoms with Crippen molar-refractivity contribution in [3.8, 4) is 0 Å². The van der Waals surface area contributed by atoms with Crippen molar-refractivity contribution >= 4 is 28.2 Å². The highest BCUT2D eigenvalue weighted by atomic mass is 32.2. The Balaban J connectivity index is 1.71. The quantitative estimate of drug-likeness (QED) is 0.666. The number of rotatable bonds is 5. The molecule has 0 fully saturated rings. The molecular formula is C12H15N3S2. The van der Waals surface area contributed by atoms with Crippen LogP contribution in [0.1, 0.15) is 17.0 Å². The molecule has 0 aliphatic rings. The van der Waals surface area contributed by atoms with Gasteiger partial charge in [0.1, 0.15) is 5.01 Å². The molecule has 0 aliphatic carbocycles. The van der Waals surface area contributed by atoms with Gasteiger partial charge in [-0.1, -0.05) is 29.0 Å². The van der Waals surface area contributed by atoms with Gasteiger partial charge in [-0.2, -0.15) is 0 Å². The molecule has 90 valence electrons. The first-order valence-electron chi connectivity index (χ1n) is 5.51. The molecule has 2 rings (SSSR count). The summed E-state index contributed by atoms with van der Waals surface area (Å²) in [7, 11) is 0. The van der Waals surface area contributed by atoms with E-state index in [1.54, 1.807) is 0 Å². The Labute approximate surface area is 109 Å². The number of nitrogens with zero attached hydrogens (tertiary/aromatic N) is 2. The van der Waals surface area contributed by atoms with Crippen molar-refractivity contribution in [1.29, 1.82) is 0 Å². The summed E-state index contributed by atoms with van der Waals surface area (Å²) < 4.78 is 0. The number of nitrogen functional groups attached to an aromatic ring is 1. The lowest BCUT2D eigenvalue weighted by atomic mass is 10.2. The molecule has 0 spiro atoms. The Bertz CT molecular complexity index is 465. The number of aromatic nitrogens is 2. The first-order chi connectivity index (χ1) is 8.24. The fraction of sp³-hybridized carbons (Fsp3) is 0.333. The Morgan fingerprint density at radius 2 is 2.00 bits per heavy atom. The second-order valence-corrected chi connectivity index (χ2v) is 6.06. The average Bonchev–Trinajstić information content (AvgIpc) is 2.73. The van der Waals surface area contributed by atoms with Gasteiger partial charge in [-0.05, 0) is 31.2 Å². The van der Waals surface area contributed by atoms with Gasteiger partial charge in [-0.15, -0.1) is 22.0 Å². The average molecular weight is 265 g/mol. The highest BCUT2D eigenvalue weighted by molar-refractivity contribution is 7.99. The summed E-state index contributed by atoms with van der Waals surface area (Å²) in [5.41, 5.74) is 6.83. The number of benzene rings is 1. The van der Waals surface area contributed by atoms with E-state index in [1.165, 1.54) is 21.8 Å². The molecular weight excluding hydrogens is 250 g/mol. The summed E-state index contributed by atoms with van der Waals surface area (Å²) in [4.78, 5) is 1.33. The second-order valence-electron chi connectivity index (χ2n) is 3.80. The molecule has 3 nitrogen and oxygen atoms in total. The van der Waals surface area contributed by atoms with Crippen molar-refractivity contribution in [3.63, 3.8) is 0 Å². The van der Waals surface area contributed by atoms with Crippen LogP contribution in [0, 0.1) is 6.92 Å². The van der Waals surface area contributed by atoms with Crippen LogP contribution in [0.15, 0.2) is 29.2 Å². The highest BCUT2D eigenvalue weighted by Gasteiger charge is 2.01. The third-order valence-corrected chi connectivity index (χ3v) is 4.22. The number of aryl methyl sites for hydroxylation is 2. The molecule has 0 bridgehead atoms. The molecule has 0 unspecified atom stereocenters. The Morgan fingerprint density at radius 3 is 2.65 bits per heavy atom. The Morgan fingerprint density at radius 1 is 1.24 bits per heavy atom. The lowest BCUT2D eigenvalue weighted by molar-refractivity contribution is 0.887. The van der Waals surface area contributed by atoms with E-state index in [1.807, 2.05) is 11.8 Å². The largest absolute Gasteiger partial charge is 0.374 e. The van der Waals surface area contributed by atoms with Gasteiger partial charge in [0.2, 0.25) is 5.13 Å². The molecule has 5 heteroatoms. The van der Waals surface area contributed by atoms with Crippen LogP contribution in [-0.2, 0) is 6.42 Å². The molecule has 0 atom stereocenters. The minimum absolute atomic E-state index is 0.561. The van der Waals surface area contributed by atoms with Gasteiger partial charge in [0.05, 0.1) is 0 Å². The number of nitrogens with two attached hydrogens (primary N) is 1. The topological polar surface area (TPSA) is 51.8 Å². The van der Waals surface area contributed by atoms with Crippen molar-refractivity contribution in [3.05, 3.63) is 34.8 Å². The molecule has 0 radical (unpaired) electrons. The maximum absolute atomic E-state index is 5.53. The number of hydrogen-bond donors (Lipinski definition) is 1. The van der Waals surface area contributed by atoms with Crippen LogP contribution >= 0.6 is 23.1 Å². The molecule has 0 saturated heterocycles. The van der Waals surface area contributed by atoms with E-state index in [-0.39, 0.29) is 0 Å². The lowest BCUT2D eigenvalue weighted by Crippen LogP contribution is -1.87. The zero-order valence-electron chi connectivity index (χ0n) is 9.72. The van der Waals surface area contributed by atoms with Crippen LogP contribution in [0.25, 0.3) is 0 Å². The molecule has 1 aromatic carbocycles. The first kappa shape index (κ1) is 12.4. The van der Waals surface area contributed by atoms with Gasteiger partial charge in [-0.25, -0.2) is 0 Å². The second kappa shape index (κ2) is 6.02. The van der Waals surface area contributed by atoms with Crippen molar-refractivity contribution in [2.24, 2.45) is 0 Å². The van der Waals surface area contributed by atoms with Crippen LogP contribution in [0.2, 0.25) is 0 Å². The molecule has 1 heterocycles. The van der Waals surface area contributed by atoms with E-state index in [2.05, 4.69) is 41.4 Å². The maximum Gasteiger partial charge on any atom is 0.203 e. The van der Waals surface area contributed by atoms with Gasteiger partial charge in [0.25, 0.3) is 0 Å². The maximum atomic E-state index is 5.53.